The number of carbonyl (C=O) groups excluding carboxylic acids is 1. The van der Waals surface area contributed by atoms with Gasteiger partial charge in [-0.2, -0.15) is 4.31 Å². The van der Waals surface area contributed by atoms with Crippen LogP contribution in [0.5, 0.6) is 0 Å². The summed E-state index contributed by atoms with van der Waals surface area (Å²) in [7, 11) is -3.44. The fourth-order valence-electron chi connectivity index (χ4n) is 2.96. The van der Waals surface area contributed by atoms with E-state index < -0.39 is 10.0 Å². The number of ether oxygens (including phenoxy) is 1. The molecule has 7 nitrogen and oxygen atoms in total. The molecule has 0 unspecified atom stereocenters. The first kappa shape index (κ1) is 19.3. The van der Waals surface area contributed by atoms with Crippen LogP contribution >= 0.6 is 0 Å². The van der Waals surface area contributed by atoms with Crippen molar-refractivity contribution in [3.63, 3.8) is 0 Å². The number of hydrogen-bond acceptors (Lipinski definition) is 5. The van der Waals surface area contributed by atoms with Crippen molar-refractivity contribution in [1.82, 2.24) is 9.62 Å². The third kappa shape index (κ3) is 4.85. The summed E-state index contributed by atoms with van der Waals surface area (Å²) >= 11 is 0. The average Bonchev–Trinajstić information content (AvgIpc) is 2.68. The Morgan fingerprint density at radius 1 is 1.04 bits per heavy atom. The van der Waals surface area contributed by atoms with Gasteiger partial charge < -0.3 is 15.8 Å². The summed E-state index contributed by atoms with van der Waals surface area (Å²) in [5.41, 5.74) is 8.06. The molecule has 0 aromatic heterocycles. The van der Waals surface area contributed by atoms with Gasteiger partial charge in [-0.1, -0.05) is 36.4 Å². The van der Waals surface area contributed by atoms with Crippen molar-refractivity contribution >= 4 is 21.6 Å². The summed E-state index contributed by atoms with van der Waals surface area (Å²) in [6.07, 6.45) is 0. The van der Waals surface area contributed by atoms with E-state index in [1.165, 1.54) is 4.31 Å². The Morgan fingerprint density at radius 2 is 1.67 bits per heavy atom. The molecule has 3 N–H and O–H groups in total. The van der Waals surface area contributed by atoms with Gasteiger partial charge in [-0.05, 0) is 23.3 Å². The Balaban J connectivity index is 1.70. The molecule has 3 rings (SSSR count). The van der Waals surface area contributed by atoms with Crippen LogP contribution in [0.3, 0.4) is 0 Å². The molecule has 1 aliphatic heterocycles. The zero-order valence-electron chi connectivity index (χ0n) is 14.9. The van der Waals surface area contributed by atoms with E-state index in [2.05, 4.69) is 5.32 Å². The molecule has 8 heteroatoms. The maximum atomic E-state index is 12.7. The number of para-hydroxylation sites is 1. The number of benzene rings is 2. The summed E-state index contributed by atoms with van der Waals surface area (Å²) in [5.74, 6) is -0.397. The highest BCUT2D eigenvalue weighted by atomic mass is 32.2. The van der Waals surface area contributed by atoms with E-state index >= 15 is 0 Å². The maximum absolute atomic E-state index is 12.7. The van der Waals surface area contributed by atoms with Crippen molar-refractivity contribution in [2.45, 2.75) is 12.3 Å². The van der Waals surface area contributed by atoms with E-state index in [1.54, 1.807) is 36.4 Å². The zero-order chi connectivity index (χ0) is 19.3. The predicted octanol–water partition coefficient (Wildman–Crippen LogP) is 1.36. The first-order valence-electron chi connectivity index (χ1n) is 8.72. The van der Waals surface area contributed by atoms with Gasteiger partial charge in [0.15, 0.2) is 0 Å². The minimum atomic E-state index is -3.44. The smallest absolute Gasteiger partial charge is 0.253 e. The molecule has 0 radical (unpaired) electrons. The van der Waals surface area contributed by atoms with Crippen LogP contribution in [-0.2, 0) is 27.1 Å². The molecule has 1 aliphatic rings. The monoisotopic (exact) mass is 389 g/mol. The van der Waals surface area contributed by atoms with Gasteiger partial charge in [0.1, 0.15) is 0 Å². The van der Waals surface area contributed by atoms with Gasteiger partial charge in [-0.3, -0.25) is 4.79 Å². The normalized spacial score (nSPS) is 15.4. The van der Waals surface area contributed by atoms with Crippen molar-refractivity contribution in [2.24, 2.45) is 0 Å². The van der Waals surface area contributed by atoms with E-state index in [9.17, 15) is 13.2 Å². The number of nitrogens with two attached hydrogens (primary N) is 1. The first-order chi connectivity index (χ1) is 13.0. The quantitative estimate of drug-likeness (QED) is 0.727. The Labute approximate surface area is 159 Å². The Kier molecular flexibility index (Phi) is 6.10. The van der Waals surface area contributed by atoms with Gasteiger partial charge in [-0.25, -0.2) is 8.42 Å². The van der Waals surface area contributed by atoms with Gasteiger partial charge in [0, 0.05) is 25.3 Å². The van der Waals surface area contributed by atoms with E-state index in [0.717, 1.165) is 5.56 Å². The summed E-state index contributed by atoms with van der Waals surface area (Å²) < 4.78 is 32.0. The second-order valence-corrected chi connectivity index (χ2v) is 8.28. The van der Waals surface area contributed by atoms with Gasteiger partial charge in [0.2, 0.25) is 10.0 Å². The summed E-state index contributed by atoms with van der Waals surface area (Å²) in [6.45, 7) is 1.79. The highest BCUT2D eigenvalue weighted by Gasteiger charge is 2.25. The van der Waals surface area contributed by atoms with Crippen molar-refractivity contribution in [3.8, 4) is 0 Å². The van der Waals surface area contributed by atoms with Crippen LogP contribution < -0.4 is 11.1 Å². The minimum Gasteiger partial charge on any atom is -0.398 e. The Morgan fingerprint density at radius 3 is 2.37 bits per heavy atom. The number of carbonyl (C=O) groups is 1. The minimum absolute atomic E-state index is 0.105. The fraction of sp³-hybridized carbons (Fsp3) is 0.316. The number of nitrogen functional groups attached to an aromatic ring is 1. The van der Waals surface area contributed by atoms with Crippen molar-refractivity contribution in [2.75, 3.05) is 32.0 Å². The lowest BCUT2D eigenvalue weighted by molar-refractivity contribution is 0.0729. The van der Waals surface area contributed by atoms with Crippen molar-refractivity contribution in [1.29, 1.82) is 0 Å². The molecule has 2 aromatic carbocycles. The molecule has 0 spiro atoms. The molecule has 0 bridgehead atoms. The number of amides is 1. The highest BCUT2D eigenvalue weighted by Crippen LogP contribution is 2.17. The van der Waals surface area contributed by atoms with Crippen LogP contribution in [0.2, 0.25) is 0 Å². The van der Waals surface area contributed by atoms with Gasteiger partial charge in [0.05, 0.1) is 24.5 Å². The molecule has 27 heavy (non-hydrogen) atoms. The molecule has 0 atom stereocenters. The molecular formula is C19H23N3O4S. The summed E-state index contributed by atoms with van der Waals surface area (Å²) in [6, 6.07) is 14.0. The molecule has 2 aromatic rings. The standard InChI is InChI=1S/C19H23N3O4S/c20-18-8-4-3-7-17(18)19(23)21-13-15-5-1-2-6-16(15)14-27(24,25)22-9-11-26-12-10-22/h1-8H,9-14,20H2,(H,21,23). The Hall–Kier alpha value is -2.42. The lowest BCUT2D eigenvalue weighted by Gasteiger charge is -2.26. The number of sulfonamides is 1. The summed E-state index contributed by atoms with van der Waals surface area (Å²) in [4.78, 5) is 12.4. The molecule has 0 aliphatic carbocycles. The lowest BCUT2D eigenvalue weighted by Crippen LogP contribution is -2.41. The molecule has 1 saturated heterocycles. The van der Waals surface area contributed by atoms with Crippen LogP contribution in [-0.4, -0.2) is 44.9 Å². The second kappa shape index (κ2) is 8.51. The van der Waals surface area contributed by atoms with E-state index in [0.29, 0.717) is 43.1 Å². The average molecular weight is 389 g/mol. The van der Waals surface area contributed by atoms with E-state index in [4.69, 9.17) is 10.5 Å². The van der Waals surface area contributed by atoms with E-state index in [1.807, 2.05) is 12.1 Å². The molecule has 1 fully saturated rings. The third-order valence-corrected chi connectivity index (χ3v) is 6.29. The highest BCUT2D eigenvalue weighted by molar-refractivity contribution is 7.88. The molecule has 1 amide bonds. The van der Waals surface area contributed by atoms with Crippen LogP contribution in [0.4, 0.5) is 5.69 Å². The Bertz CT molecular complexity index is 909. The molecule has 0 saturated carbocycles. The largest absolute Gasteiger partial charge is 0.398 e. The number of nitrogens with zero attached hydrogens (tertiary/aromatic N) is 1. The third-order valence-electron chi connectivity index (χ3n) is 4.46. The molecule has 1 heterocycles. The zero-order valence-corrected chi connectivity index (χ0v) is 15.7. The van der Waals surface area contributed by atoms with Gasteiger partial charge in [0.25, 0.3) is 5.91 Å². The number of anilines is 1. The number of nitrogens with one attached hydrogen (secondary N) is 1. The van der Waals surface area contributed by atoms with Crippen molar-refractivity contribution in [3.05, 3.63) is 65.2 Å². The molecular weight excluding hydrogens is 366 g/mol. The van der Waals surface area contributed by atoms with Crippen molar-refractivity contribution < 1.29 is 17.9 Å². The topological polar surface area (TPSA) is 102 Å². The maximum Gasteiger partial charge on any atom is 0.253 e. The number of hydrogen-bond donors (Lipinski definition) is 2. The van der Waals surface area contributed by atoms with Crippen LogP contribution in [0.25, 0.3) is 0 Å². The first-order valence-corrected chi connectivity index (χ1v) is 10.3. The van der Waals surface area contributed by atoms with Crippen LogP contribution in [0, 0.1) is 0 Å². The number of rotatable bonds is 6. The molecule has 144 valence electrons. The SMILES string of the molecule is Nc1ccccc1C(=O)NCc1ccccc1CS(=O)(=O)N1CCOCC1. The van der Waals surface area contributed by atoms with E-state index in [-0.39, 0.29) is 18.2 Å². The van der Waals surface area contributed by atoms with Crippen LogP contribution in [0.15, 0.2) is 48.5 Å². The fourth-order valence-corrected chi connectivity index (χ4v) is 4.52. The number of morpholine rings is 1. The summed E-state index contributed by atoms with van der Waals surface area (Å²) in [5, 5.41) is 2.81. The lowest BCUT2D eigenvalue weighted by atomic mass is 10.1. The second-order valence-electron chi connectivity index (χ2n) is 6.31. The predicted molar refractivity (Wildman–Crippen MR) is 103 cm³/mol. The van der Waals surface area contributed by atoms with Crippen LogP contribution in [0.1, 0.15) is 21.5 Å². The van der Waals surface area contributed by atoms with Gasteiger partial charge >= 0.3 is 0 Å². The van der Waals surface area contributed by atoms with Gasteiger partial charge in [-0.15, -0.1) is 0 Å².